The first-order chi connectivity index (χ1) is 12.7. The molecular weight excluding hydrogens is 407 g/mol. The summed E-state index contributed by atoms with van der Waals surface area (Å²) in [5, 5.41) is 0.176. The van der Waals surface area contributed by atoms with Crippen LogP contribution in [0.25, 0.3) is 0 Å². The Hall–Kier alpha value is -1.47. The summed E-state index contributed by atoms with van der Waals surface area (Å²) in [5.41, 5.74) is 2.53. The van der Waals surface area contributed by atoms with Gasteiger partial charge in [-0.1, -0.05) is 29.3 Å². The van der Waals surface area contributed by atoms with Crippen molar-refractivity contribution in [1.29, 1.82) is 0 Å². The molecule has 27 heavy (non-hydrogen) atoms. The standard InChI is InChI=1S/C19H22Cl2N2O3S/c1-23(2)12-7-8-13-14(11-12)18(26-3)10-9-17(13)22-27(24,25)19-15(20)5-4-6-16(19)21/h4-6,9-10,12,22H,7-8,11H2,1-3H3. The topological polar surface area (TPSA) is 58.6 Å². The van der Waals surface area contributed by atoms with Crippen molar-refractivity contribution in [1.82, 2.24) is 4.90 Å². The maximum absolute atomic E-state index is 12.9. The van der Waals surface area contributed by atoms with Gasteiger partial charge in [0.05, 0.1) is 22.8 Å². The number of halogens is 2. The Morgan fingerprint density at radius 3 is 2.37 bits per heavy atom. The molecule has 0 heterocycles. The third kappa shape index (κ3) is 4.04. The largest absolute Gasteiger partial charge is 0.496 e. The molecule has 1 unspecified atom stereocenters. The van der Waals surface area contributed by atoms with E-state index in [0.29, 0.717) is 11.7 Å². The fourth-order valence-electron chi connectivity index (χ4n) is 3.49. The Bertz CT molecular complexity index is 941. The molecule has 1 atom stereocenters. The lowest BCUT2D eigenvalue weighted by molar-refractivity contribution is 0.265. The Balaban J connectivity index is 2.03. The first-order valence-corrected chi connectivity index (χ1v) is 10.8. The minimum atomic E-state index is -3.92. The second-order valence-corrected chi connectivity index (χ2v) is 9.22. The maximum atomic E-state index is 12.9. The van der Waals surface area contributed by atoms with E-state index < -0.39 is 10.0 Å². The van der Waals surface area contributed by atoms with E-state index in [2.05, 4.69) is 9.62 Å². The average molecular weight is 429 g/mol. The average Bonchev–Trinajstić information content (AvgIpc) is 2.60. The Morgan fingerprint density at radius 2 is 1.78 bits per heavy atom. The third-order valence-electron chi connectivity index (χ3n) is 4.94. The van der Waals surface area contributed by atoms with Crippen LogP contribution in [0, 0.1) is 0 Å². The Labute approximate surface area is 170 Å². The minimum Gasteiger partial charge on any atom is -0.496 e. The molecule has 0 saturated heterocycles. The number of likely N-dealkylation sites (N-methyl/N-ethyl adjacent to an activating group) is 1. The number of nitrogens with zero attached hydrogens (tertiary/aromatic N) is 1. The smallest absolute Gasteiger partial charge is 0.264 e. The molecular formula is C19H22Cl2N2O3S. The first kappa shape index (κ1) is 20.3. The van der Waals surface area contributed by atoms with Gasteiger partial charge in [-0.2, -0.15) is 0 Å². The van der Waals surface area contributed by atoms with E-state index in [1.807, 2.05) is 14.1 Å². The molecule has 1 aliphatic rings. The molecule has 2 aromatic carbocycles. The van der Waals surface area contributed by atoms with Crippen LogP contribution in [0.3, 0.4) is 0 Å². The zero-order chi connectivity index (χ0) is 19.8. The van der Waals surface area contributed by atoms with E-state index in [0.717, 1.165) is 36.1 Å². The highest BCUT2D eigenvalue weighted by atomic mass is 35.5. The number of sulfonamides is 1. The van der Waals surface area contributed by atoms with Crippen LogP contribution in [0.15, 0.2) is 35.2 Å². The molecule has 0 radical (unpaired) electrons. The number of rotatable bonds is 5. The lowest BCUT2D eigenvalue weighted by atomic mass is 9.86. The van der Waals surface area contributed by atoms with E-state index in [9.17, 15) is 8.42 Å². The van der Waals surface area contributed by atoms with Gasteiger partial charge in [0.15, 0.2) is 0 Å². The van der Waals surface area contributed by atoms with Gasteiger partial charge in [-0.3, -0.25) is 4.72 Å². The molecule has 2 aromatic rings. The second kappa shape index (κ2) is 7.87. The molecule has 0 bridgehead atoms. The number of ether oxygens (including phenoxy) is 1. The van der Waals surface area contributed by atoms with Crippen LogP contribution in [0.4, 0.5) is 5.69 Å². The molecule has 0 spiro atoms. The van der Waals surface area contributed by atoms with Gasteiger partial charge in [0.1, 0.15) is 10.6 Å². The highest BCUT2D eigenvalue weighted by molar-refractivity contribution is 7.93. The Kier molecular flexibility index (Phi) is 5.91. The first-order valence-electron chi connectivity index (χ1n) is 8.56. The lowest BCUT2D eigenvalue weighted by Gasteiger charge is -2.32. The molecule has 0 fully saturated rings. The van der Waals surface area contributed by atoms with Gasteiger partial charge in [-0.05, 0) is 63.2 Å². The minimum absolute atomic E-state index is 0.0880. The van der Waals surface area contributed by atoms with Gasteiger partial charge in [0.2, 0.25) is 0 Å². The molecule has 0 aromatic heterocycles. The fraction of sp³-hybridized carbons (Fsp3) is 0.368. The van der Waals surface area contributed by atoms with Crippen molar-refractivity contribution in [2.24, 2.45) is 0 Å². The van der Waals surface area contributed by atoms with Crippen LogP contribution in [0.1, 0.15) is 17.5 Å². The Morgan fingerprint density at radius 1 is 1.11 bits per heavy atom. The monoisotopic (exact) mass is 428 g/mol. The number of hydrogen-bond acceptors (Lipinski definition) is 4. The summed E-state index contributed by atoms with van der Waals surface area (Å²) in [7, 11) is 1.80. The predicted octanol–water partition coefficient (Wildman–Crippen LogP) is 4.22. The van der Waals surface area contributed by atoms with Crippen molar-refractivity contribution >= 4 is 38.9 Å². The van der Waals surface area contributed by atoms with Crippen molar-refractivity contribution in [3.05, 3.63) is 51.5 Å². The van der Waals surface area contributed by atoms with Crippen LogP contribution in [-0.4, -0.2) is 40.6 Å². The number of methoxy groups -OCH3 is 1. The summed E-state index contributed by atoms with van der Waals surface area (Å²) < 4.78 is 34.1. The number of nitrogens with one attached hydrogen (secondary N) is 1. The van der Waals surface area contributed by atoms with Crippen LogP contribution in [0.5, 0.6) is 5.75 Å². The molecule has 0 saturated carbocycles. The molecule has 3 rings (SSSR count). The molecule has 0 amide bonds. The van der Waals surface area contributed by atoms with Gasteiger partial charge in [-0.15, -0.1) is 0 Å². The molecule has 146 valence electrons. The van der Waals surface area contributed by atoms with Crippen LogP contribution < -0.4 is 9.46 Å². The summed E-state index contributed by atoms with van der Waals surface area (Å²) >= 11 is 12.2. The second-order valence-electron chi connectivity index (χ2n) is 6.79. The van der Waals surface area contributed by atoms with Gasteiger partial charge in [0.25, 0.3) is 10.0 Å². The summed E-state index contributed by atoms with van der Waals surface area (Å²) in [4.78, 5) is 2.07. The van der Waals surface area contributed by atoms with E-state index in [-0.39, 0.29) is 14.9 Å². The fourth-order valence-corrected chi connectivity index (χ4v) is 5.73. The lowest BCUT2D eigenvalue weighted by Crippen LogP contribution is -2.34. The van der Waals surface area contributed by atoms with Crippen LogP contribution in [0.2, 0.25) is 10.0 Å². The molecule has 1 N–H and O–H groups in total. The number of benzene rings is 2. The van der Waals surface area contributed by atoms with Gasteiger partial charge in [-0.25, -0.2) is 8.42 Å². The van der Waals surface area contributed by atoms with E-state index in [1.165, 1.54) is 12.1 Å². The van der Waals surface area contributed by atoms with Gasteiger partial charge in [0, 0.05) is 11.6 Å². The quantitative estimate of drug-likeness (QED) is 0.773. The zero-order valence-corrected chi connectivity index (χ0v) is 17.7. The number of anilines is 1. The van der Waals surface area contributed by atoms with Crippen molar-refractivity contribution in [3.8, 4) is 5.75 Å². The number of fused-ring (bicyclic) bond motifs is 1. The van der Waals surface area contributed by atoms with Crippen molar-refractivity contribution in [2.45, 2.75) is 30.2 Å². The molecule has 5 nitrogen and oxygen atoms in total. The van der Waals surface area contributed by atoms with Crippen molar-refractivity contribution in [3.63, 3.8) is 0 Å². The predicted molar refractivity (Wildman–Crippen MR) is 110 cm³/mol. The molecule has 0 aliphatic heterocycles. The summed E-state index contributed by atoms with van der Waals surface area (Å²) in [6, 6.07) is 8.54. The normalized spacial score (nSPS) is 16.9. The summed E-state index contributed by atoms with van der Waals surface area (Å²) in [6.45, 7) is 0. The molecule has 8 heteroatoms. The van der Waals surface area contributed by atoms with E-state index in [4.69, 9.17) is 27.9 Å². The zero-order valence-electron chi connectivity index (χ0n) is 15.4. The van der Waals surface area contributed by atoms with Crippen LogP contribution in [-0.2, 0) is 22.9 Å². The van der Waals surface area contributed by atoms with Crippen molar-refractivity contribution < 1.29 is 13.2 Å². The molecule has 1 aliphatic carbocycles. The summed E-state index contributed by atoms with van der Waals surface area (Å²) in [6.07, 6.45) is 2.49. The highest BCUT2D eigenvalue weighted by Gasteiger charge is 2.28. The van der Waals surface area contributed by atoms with Gasteiger partial charge >= 0.3 is 0 Å². The highest BCUT2D eigenvalue weighted by Crippen LogP contribution is 2.38. The maximum Gasteiger partial charge on any atom is 0.264 e. The van der Waals surface area contributed by atoms with E-state index in [1.54, 1.807) is 25.3 Å². The van der Waals surface area contributed by atoms with Crippen molar-refractivity contribution in [2.75, 3.05) is 25.9 Å². The van der Waals surface area contributed by atoms with E-state index >= 15 is 0 Å². The van der Waals surface area contributed by atoms with Crippen LogP contribution >= 0.6 is 23.2 Å². The summed E-state index contributed by atoms with van der Waals surface area (Å²) in [5.74, 6) is 0.773. The SMILES string of the molecule is COc1ccc(NS(=O)(=O)c2c(Cl)cccc2Cl)c2c1CC(N(C)C)CC2. The number of hydrogen-bond donors (Lipinski definition) is 1. The third-order valence-corrected chi connectivity index (χ3v) is 7.26. The van der Waals surface area contributed by atoms with Gasteiger partial charge < -0.3 is 9.64 Å².